The SMILES string of the molecule is O=C(CCCN1C(=O)NC2(CCCC2)C1=O)Nc1ccc([N+](=O)[O-])cc1. The molecule has 0 unspecified atom stereocenters. The average Bonchev–Trinajstić information content (AvgIpc) is 3.16. The van der Waals surface area contributed by atoms with Crippen molar-refractivity contribution in [3.05, 3.63) is 34.4 Å². The molecule has 0 radical (unpaired) electrons. The first-order valence-electron chi connectivity index (χ1n) is 8.60. The van der Waals surface area contributed by atoms with Gasteiger partial charge >= 0.3 is 6.03 Å². The summed E-state index contributed by atoms with van der Waals surface area (Å²) < 4.78 is 0. The van der Waals surface area contributed by atoms with Gasteiger partial charge in [0.1, 0.15) is 5.54 Å². The number of nitrogens with zero attached hydrogens (tertiary/aromatic N) is 2. The highest BCUT2D eigenvalue weighted by atomic mass is 16.6. The smallest absolute Gasteiger partial charge is 0.325 e. The summed E-state index contributed by atoms with van der Waals surface area (Å²) in [5, 5.41) is 16.0. The maximum absolute atomic E-state index is 12.5. The van der Waals surface area contributed by atoms with Gasteiger partial charge in [0.2, 0.25) is 5.91 Å². The molecule has 2 aliphatic rings. The van der Waals surface area contributed by atoms with E-state index in [1.54, 1.807) is 0 Å². The van der Waals surface area contributed by atoms with E-state index >= 15 is 0 Å². The molecule has 1 saturated heterocycles. The minimum Gasteiger partial charge on any atom is -0.326 e. The third kappa shape index (κ3) is 3.51. The number of nitro groups is 1. The Hall–Kier alpha value is -2.97. The van der Waals surface area contributed by atoms with Crippen LogP contribution in [0, 0.1) is 10.1 Å². The summed E-state index contributed by atoms with van der Waals surface area (Å²) in [6.07, 6.45) is 3.70. The van der Waals surface area contributed by atoms with E-state index in [1.165, 1.54) is 29.2 Å². The maximum Gasteiger partial charge on any atom is 0.325 e. The summed E-state index contributed by atoms with van der Waals surface area (Å²) in [5.74, 6) is -0.461. The summed E-state index contributed by atoms with van der Waals surface area (Å²) >= 11 is 0. The van der Waals surface area contributed by atoms with Crippen LogP contribution in [0.2, 0.25) is 0 Å². The number of nitro benzene ring substituents is 1. The summed E-state index contributed by atoms with van der Waals surface area (Å²) in [6.45, 7) is 0.195. The van der Waals surface area contributed by atoms with Crippen LogP contribution in [0.3, 0.4) is 0 Å². The molecule has 1 saturated carbocycles. The van der Waals surface area contributed by atoms with Crippen LogP contribution >= 0.6 is 0 Å². The zero-order chi connectivity index (χ0) is 18.7. The van der Waals surface area contributed by atoms with Crippen LogP contribution in [0.15, 0.2) is 24.3 Å². The summed E-state index contributed by atoms with van der Waals surface area (Å²) in [4.78, 5) is 47.8. The molecule has 0 bridgehead atoms. The Morgan fingerprint density at radius 3 is 2.50 bits per heavy atom. The number of rotatable bonds is 6. The minimum absolute atomic E-state index is 0.0533. The molecule has 2 N–H and O–H groups in total. The monoisotopic (exact) mass is 360 g/mol. The van der Waals surface area contributed by atoms with E-state index in [1.807, 2.05) is 0 Å². The molecule has 0 aromatic heterocycles. The molecule has 1 aliphatic heterocycles. The standard InChI is InChI=1S/C17H20N4O5/c22-14(18-12-5-7-13(8-6-12)21(25)26)4-3-11-20-15(23)17(19-16(20)24)9-1-2-10-17/h5-8H,1-4,9-11H2,(H,18,22)(H,19,24). The quantitative estimate of drug-likeness (QED) is 0.457. The van der Waals surface area contributed by atoms with Crippen molar-refractivity contribution < 1.29 is 19.3 Å². The van der Waals surface area contributed by atoms with Crippen LogP contribution in [0.4, 0.5) is 16.2 Å². The van der Waals surface area contributed by atoms with Crippen molar-refractivity contribution in [3.63, 3.8) is 0 Å². The van der Waals surface area contributed by atoms with Crippen molar-refractivity contribution in [3.8, 4) is 0 Å². The topological polar surface area (TPSA) is 122 Å². The second-order valence-electron chi connectivity index (χ2n) is 6.63. The van der Waals surface area contributed by atoms with E-state index in [4.69, 9.17) is 0 Å². The summed E-state index contributed by atoms with van der Waals surface area (Å²) in [6, 6.07) is 5.15. The lowest BCUT2D eigenvalue weighted by Gasteiger charge is -2.19. The van der Waals surface area contributed by atoms with E-state index in [0.29, 0.717) is 24.9 Å². The van der Waals surface area contributed by atoms with Crippen LogP contribution < -0.4 is 10.6 Å². The van der Waals surface area contributed by atoms with E-state index in [0.717, 1.165) is 12.8 Å². The number of nitrogens with one attached hydrogen (secondary N) is 2. The Balaban J connectivity index is 1.47. The second-order valence-corrected chi connectivity index (χ2v) is 6.63. The van der Waals surface area contributed by atoms with E-state index < -0.39 is 10.5 Å². The predicted molar refractivity (Wildman–Crippen MR) is 92.4 cm³/mol. The van der Waals surface area contributed by atoms with E-state index in [-0.39, 0.29) is 36.5 Å². The number of hydrogen-bond acceptors (Lipinski definition) is 5. The zero-order valence-electron chi connectivity index (χ0n) is 14.2. The first kappa shape index (κ1) is 17.8. The van der Waals surface area contributed by atoms with Gasteiger partial charge in [-0.3, -0.25) is 24.6 Å². The Labute approximate surface area is 149 Å². The fourth-order valence-electron chi connectivity index (χ4n) is 3.48. The van der Waals surface area contributed by atoms with Crippen molar-refractivity contribution in [2.75, 3.05) is 11.9 Å². The van der Waals surface area contributed by atoms with Crippen molar-refractivity contribution in [1.29, 1.82) is 0 Å². The van der Waals surface area contributed by atoms with Crippen LogP contribution in [0.25, 0.3) is 0 Å². The third-order valence-electron chi connectivity index (χ3n) is 4.85. The van der Waals surface area contributed by atoms with Crippen molar-refractivity contribution in [1.82, 2.24) is 10.2 Å². The Kier molecular flexibility index (Phi) is 4.88. The number of urea groups is 1. The fourth-order valence-corrected chi connectivity index (χ4v) is 3.48. The van der Waals surface area contributed by atoms with Crippen molar-refractivity contribution in [2.24, 2.45) is 0 Å². The Morgan fingerprint density at radius 1 is 1.23 bits per heavy atom. The van der Waals surface area contributed by atoms with Gasteiger partial charge < -0.3 is 10.6 Å². The number of carbonyl (C=O) groups excluding carboxylic acids is 3. The summed E-state index contributed by atoms with van der Waals surface area (Å²) in [7, 11) is 0. The molecule has 1 spiro atoms. The van der Waals surface area contributed by atoms with Crippen LogP contribution in [0.5, 0.6) is 0 Å². The normalized spacial score (nSPS) is 18.2. The molecule has 1 aromatic carbocycles. The zero-order valence-corrected chi connectivity index (χ0v) is 14.2. The molecule has 2 fully saturated rings. The van der Waals surface area contributed by atoms with Crippen LogP contribution in [-0.2, 0) is 9.59 Å². The average molecular weight is 360 g/mol. The first-order chi connectivity index (χ1) is 12.4. The lowest BCUT2D eigenvalue weighted by Crippen LogP contribution is -2.44. The van der Waals surface area contributed by atoms with Gasteiger partial charge in [0.25, 0.3) is 11.6 Å². The first-order valence-corrected chi connectivity index (χ1v) is 8.60. The Morgan fingerprint density at radius 2 is 1.88 bits per heavy atom. The summed E-state index contributed by atoms with van der Waals surface area (Å²) in [5.41, 5.74) is -0.319. The minimum atomic E-state index is -0.724. The molecule has 26 heavy (non-hydrogen) atoms. The molecule has 1 heterocycles. The lowest BCUT2D eigenvalue weighted by molar-refractivity contribution is -0.384. The van der Waals surface area contributed by atoms with Crippen molar-refractivity contribution in [2.45, 2.75) is 44.1 Å². The molecule has 138 valence electrons. The molecule has 9 nitrogen and oxygen atoms in total. The van der Waals surface area contributed by atoms with Gasteiger partial charge in [-0.25, -0.2) is 4.79 Å². The molecule has 4 amide bonds. The number of anilines is 1. The van der Waals surface area contributed by atoms with Crippen molar-refractivity contribution >= 4 is 29.2 Å². The highest BCUT2D eigenvalue weighted by molar-refractivity contribution is 6.07. The highest BCUT2D eigenvalue weighted by Gasteiger charge is 2.51. The molecule has 0 atom stereocenters. The van der Waals surface area contributed by atoms with Gasteiger partial charge in [0, 0.05) is 30.8 Å². The van der Waals surface area contributed by atoms with Gasteiger partial charge in [0.15, 0.2) is 0 Å². The molecule has 3 rings (SSSR count). The fraction of sp³-hybridized carbons (Fsp3) is 0.471. The van der Waals surface area contributed by atoms with Gasteiger partial charge in [-0.2, -0.15) is 0 Å². The number of carbonyl (C=O) groups is 3. The van der Waals surface area contributed by atoms with E-state index in [9.17, 15) is 24.5 Å². The number of hydrogen-bond donors (Lipinski definition) is 2. The van der Waals surface area contributed by atoms with Gasteiger partial charge in [0.05, 0.1) is 4.92 Å². The maximum atomic E-state index is 12.5. The Bertz CT molecular complexity index is 740. The number of imide groups is 1. The molecule has 1 aromatic rings. The van der Waals surface area contributed by atoms with Gasteiger partial charge in [-0.1, -0.05) is 12.8 Å². The predicted octanol–water partition coefficient (Wildman–Crippen LogP) is 2.18. The molecule has 1 aliphatic carbocycles. The molecule has 9 heteroatoms. The van der Waals surface area contributed by atoms with Crippen LogP contribution in [0.1, 0.15) is 38.5 Å². The van der Waals surface area contributed by atoms with E-state index in [2.05, 4.69) is 10.6 Å². The largest absolute Gasteiger partial charge is 0.326 e. The number of benzene rings is 1. The van der Waals surface area contributed by atoms with Crippen LogP contribution in [-0.4, -0.2) is 39.8 Å². The third-order valence-corrected chi connectivity index (χ3v) is 4.85. The van der Waals surface area contributed by atoms with Gasteiger partial charge in [-0.05, 0) is 31.4 Å². The number of non-ortho nitro benzene ring substituents is 1. The molecular weight excluding hydrogens is 340 g/mol. The highest BCUT2D eigenvalue weighted by Crippen LogP contribution is 2.35. The van der Waals surface area contributed by atoms with Gasteiger partial charge in [-0.15, -0.1) is 0 Å². The molecular formula is C17H20N4O5. The lowest BCUT2D eigenvalue weighted by atomic mass is 9.98. The second kappa shape index (κ2) is 7.11. The number of amides is 4.